The second-order valence-corrected chi connectivity index (χ2v) is 7.08. The molecule has 0 aromatic heterocycles. The van der Waals surface area contributed by atoms with Crippen molar-refractivity contribution in [2.24, 2.45) is 10.7 Å². The molecule has 0 aliphatic rings. The predicted molar refractivity (Wildman–Crippen MR) is 118 cm³/mol. The molecule has 0 aliphatic heterocycles. The van der Waals surface area contributed by atoms with E-state index >= 15 is 0 Å². The lowest BCUT2D eigenvalue weighted by Crippen LogP contribution is -2.38. The number of carbonyl (C=O) groups is 1. The monoisotopic (exact) mass is 396 g/mol. The van der Waals surface area contributed by atoms with E-state index in [2.05, 4.69) is 54.6 Å². The van der Waals surface area contributed by atoms with Gasteiger partial charge in [0.05, 0.1) is 0 Å². The van der Waals surface area contributed by atoms with Crippen molar-refractivity contribution in [1.29, 1.82) is 0 Å². The maximum absolute atomic E-state index is 10.8. The number of aliphatic imine (C=N–C) groups is 1. The van der Waals surface area contributed by atoms with Crippen LogP contribution in [-0.2, 0) is 17.6 Å². The summed E-state index contributed by atoms with van der Waals surface area (Å²) in [4.78, 5) is 15.4. The van der Waals surface area contributed by atoms with Crippen molar-refractivity contribution in [3.05, 3.63) is 64.7 Å². The molecule has 0 radical (unpaired) electrons. The van der Waals surface area contributed by atoms with E-state index in [0.29, 0.717) is 12.3 Å². The van der Waals surface area contributed by atoms with Gasteiger partial charge in [-0.3, -0.25) is 9.79 Å². The van der Waals surface area contributed by atoms with Gasteiger partial charge in [0.1, 0.15) is 5.75 Å². The standard InChI is InChI=1S/C23H32N4O2/c1-4-25-23(27-12-10-20-14-17(2)13-18(3)15-20)26-11-9-19-5-7-21(8-6-19)29-16-22(24)28/h5-8,13-15H,4,9-12,16H2,1-3H3,(H2,24,28)(H2,25,26,27). The van der Waals surface area contributed by atoms with Gasteiger partial charge in [-0.25, -0.2) is 0 Å². The van der Waals surface area contributed by atoms with Gasteiger partial charge in [0.15, 0.2) is 12.6 Å². The molecule has 0 spiro atoms. The number of rotatable bonds is 10. The number of guanidine groups is 1. The van der Waals surface area contributed by atoms with Crippen LogP contribution in [0.15, 0.2) is 47.5 Å². The zero-order valence-electron chi connectivity index (χ0n) is 17.6. The quantitative estimate of drug-likeness (QED) is 0.425. The molecule has 0 saturated heterocycles. The number of ether oxygens (including phenoxy) is 1. The molecule has 6 heteroatoms. The third kappa shape index (κ3) is 8.68. The van der Waals surface area contributed by atoms with Gasteiger partial charge < -0.3 is 21.1 Å². The van der Waals surface area contributed by atoms with E-state index in [0.717, 1.165) is 37.5 Å². The van der Waals surface area contributed by atoms with Crippen molar-refractivity contribution in [3.63, 3.8) is 0 Å². The smallest absolute Gasteiger partial charge is 0.255 e. The van der Waals surface area contributed by atoms with E-state index in [1.807, 2.05) is 24.3 Å². The topological polar surface area (TPSA) is 88.7 Å². The first-order valence-corrected chi connectivity index (χ1v) is 10.1. The normalized spacial score (nSPS) is 11.2. The number of benzene rings is 2. The zero-order chi connectivity index (χ0) is 21.1. The van der Waals surface area contributed by atoms with Crippen molar-refractivity contribution in [3.8, 4) is 5.75 Å². The van der Waals surface area contributed by atoms with Crippen molar-refractivity contribution < 1.29 is 9.53 Å². The number of nitrogens with two attached hydrogens (primary N) is 1. The molecule has 156 valence electrons. The second kappa shape index (κ2) is 11.7. The first-order chi connectivity index (χ1) is 14.0. The van der Waals surface area contributed by atoms with E-state index in [1.54, 1.807) is 0 Å². The highest BCUT2D eigenvalue weighted by Crippen LogP contribution is 2.12. The zero-order valence-corrected chi connectivity index (χ0v) is 17.6. The summed E-state index contributed by atoms with van der Waals surface area (Å²) >= 11 is 0. The molecule has 0 heterocycles. The maximum atomic E-state index is 10.8. The molecule has 0 bridgehead atoms. The van der Waals surface area contributed by atoms with Crippen LogP contribution in [0.2, 0.25) is 0 Å². The summed E-state index contributed by atoms with van der Waals surface area (Å²) in [6.07, 6.45) is 1.78. The van der Waals surface area contributed by atoms with Crippen LogP contribution in [0.25, 0.3) is 0 Å². The average molecular weight is 397 g/mol. The summed E-state index contributed by atoms with van der Waals surface area (Å²) in [5, 5.41) is 6.70. The van der Waals surface area contributed by atoms with Gasteiger partial charge in [0.25, 0.3) is 5.91 Å². The fourth-order valence-corrected chi connectivity index (χ4v) is 3.08. The number of nitrogens with zero attached hydrogens (tertiary/aromatic N) is 1. The molecule has 2 aromatic carbocycles. The molecule has 6 nitrogen and oxygen atoms in total. The number of primary amides is 1. The summed E-state index contributed by atoms with van der Waals surface area (Å²) in [7, 11) is 0. The highest BCUT2D eigenvalue weighted by molar-refractivity contribution is 5.79. The Kier molecular flexibility index (Phi) is 9.02. The predicted octanol–water partition coefficient (Wildman–Crippen LogP) is 2.51. The Morgan fingerprint density at radius 1 is 1.00 bits per heavy atom. The Hall–Kier alpha value is -3.02. The third-order valence-corrected chi connectivity index (χ3v) is 4.31. The summed E-state index contributed by atoms with van der Waals surface area (Å²) < 4.78 is 5.27. The summed E-state index contributed by atoms with van der Waals surface area (Å²) in [6, 6.07) is 14.3. The highest BCUT2D eigenvalue weighted by atomic mass is 16.5. The average Bonchev–Trinajstić information content (AvgIpc) is 2.66. The SMILES string of the molecule is CCNC(=NCCc1ccc(OCC(N)=O)cc1)NCCc1cc(C)cc(C)c1. The lowest BCUT2D eigenvalue weighted by Gasteiger charge is -2.12. The van der Waals surface area contributed by atoms with E-state index in [1.165, 1.54) is 16.7 Å². The minimum absolute atomic E-state index is 0.108. The van der Waals surface area contributed by atoms with E-state index < -0.39 is 5.91 Å². The minimum atomic E-state index is -0.482. The molecule has 0 fully saturated rings. The third-order valence-electron chi connectivity index (χ3n) is 4.31. The van der Waals surface area contributed by atoms with Crippen LogP contribution in [0, 0.1) is 13.8 Å². The van der Waals surface area contributed by atoms with Gasteiger partial charge in [-0.05, 0) is 56.9 Å². The van der Waals surface area contributed by atoms with Gasteiger partial charge in [0.2, 0.25) is 0 Å². The van der Waals surface area contributed by atoms with Gasteiger partial charge in [-0.15, -0.1) is 0 Å². The molecule has 2 rings (SSSR count). The molecule has 29 heavy (non-hydrogen) atoms. The maximum Gasteiger partial charge on any atom is 0.255 e. The van der Waals surface area contributed by atoms with Crippen LogP contribution < -0.4 is 21.1 Å². The fraction of sp³-hybridized carbons (Fsp3) is 0.391. The molecule has 2 aromatic rings. The Balaban J connectivity index is 1.81. The number of hydrogen-bond donors (Lipinski definition) is 3. The molecular weight excluding hydrogens is 364 g/mol. The first-order valence-electron chi connectivity index (χ1n) is 10.1. The minimum Gasteiger partial charge on any atom is -0.484 e. The number of carbonyl (C=O) groups excluding carboxylic acids is 1. The van der Waals surface area contributed by atoms with Gasteiger partial charge in [0, 0.05) is 19.6 Å². The van der Waals surface area contributed by atoms with Crippen LogP contribution in [-0.4, -0.2) is 38.1 Å². The van der Waals surface area contributed by atoms with Gasteiger partial charge >= 0.3 is 0 Å². The van der Waals surface area contributed by atoms with Crippen LogP contribution >= 0.6 is 0 Å². The van der Waals surface area contributed by atoms with E-state index in [4.69, 9.17) is 10.5 Å². The Morgan fingerprint density at radius 2 is 1.69 bits per heavy atom. The van der Waals surface area contributed by atoms with Crippen molar-refractivity contribution in [1.82, 2.24) is 10.6 Å². The molecule has 0 saturated carbocycles. The Morgan fingerprint density at radius 3 is 2.31 bits per heavy atom. The molecule has 4 N–H and O–H groups in total. The van der Waals surface area contributed by atoms with Crippen LogP contribution in [0.1, 0.15) is 29.2 Å². The second-order valence-electron chi connectivity index (χ2n) is 7.08. The van der Waals surface area contributed by atoms with Crippen LogP contribution in [0.4, 0.5) is 0 Å². The highest BCUT2D eigenvalue weighted by Gasteiger charge is 2.01. The van der Waals surface area contributed by atoms with E-state index in [-0.39, 0.29) is 6.61 Å². The summed E-state index contributed by atoms with van der Waals surface area (Å²) in [6.45, 7) is 8.55. The fourth-order valence-electron chi connectivity index (χ4n) is 3.08. The number of nitrogens with one attached hydrogen (secondary N) is 2. The Bertz CT molecular complexity index is 796. The summed E-state index contributed by atoms with van der Waals surface area (Å²) in [5.74, 6) is 0.986. The molecule has 0 aliphatic carbocycles. The van der Waals surface area contributed by atoms with Crippen LogP contribution in [0.5, 0.6) is 5.75 Å². The van der Waals surface area contributed by atoms with Gasteiger partial charge in [-0.1, -0.05) is 41.5 Å². The van der Waals surface area contributed by atoms with Crippen molar-refractivity contribution >= 4 is 11.9 Å². The Labute approximate surface area is 173 Å². The van der Waals surface area contributed by atoms with Crippen molar-refractivity contribution in [2.45, 2.75) is 33.6 Å². The number of hydrogen-bond acceptors (Lipinski definition) is 3. The van der Waals surface area contributed by atoms with Crippen molar-refractivity contribution in [2.75, 3.05) is 26.2 Å². The number of aryl methyl sites for hydroxylation is 2. The van der Waals surface area contributed by atoms with E-state index in [9.17, 15) is 4.79 Å². The summed E-state index contributed by atoms with van der Waals surface area (Å²) in [5.41, 5.74) is 10.2. The molecule has 1 amide bonds. The first kappa shape index (κ1) is 22.3. The largest absolute Gasteiger partial charge is 0.484 e. The van der Waals surface area contributed by atoms with Gasteiger partial charge in [-0.2, -0.15) is 0 Å². The molecular formula is C23H32N4O2. The molecule has 0 unspecified atom stereocenters. The van der Waals surface area contributed by atoms with Crippen LogP contribution in [0.3, 0.4) is 0 Å². The number of amides is 1. The lowest BCUT2D eigenvalue weighted by atomic mass is 10.1. The lowest BCUT2D eigenvalue weighted by molar-refractivity contribution is -0.119. The molecule has 0 atom stereocenters.